The van der Waals surface area contributed by atoms with Crippen LogP contribution in [0, 0.1) is 0 Å². The number of alkyl halides is 3. The number of benzene rings is 4. The fraction of sp³-hybridized carbons (Fsp3) is 0.304. The quantitative estimate of drug-likeness (QED) is 0.176. The lowest BCUT2D eigenvalue weighted by atomic mass is 9.98. The number of amides is 5. The van der Waals surface area contributed by atoms with E-state index in [-0.39, 0.29) is 62.6 Å². The molecule has 0 unspecified atom stereocenters. The smallest absolute Gasteiger partial charge is 0.416 e. The number of phenols is 1. The van der Waals surface area contributed by atoms with Gasteiger partial charge < -0.3 is 34.6 Å². The molecule has 1 aromatic heterocycles. The van der Waals surface area contributed by atoms with Gasteiger partial charge in [0.05, 0.1) is 29.7 Å². The lowest BCUT2D eigenvalue weighted by molar-refractivity contribution is -0.189. The average molecular weight is 849 g/mol. The minimum atomic E-state index is -4.42. The van der Waals surface area contributed by atoms with E-state index >= 15 is 0 Å². The van der Waals surface area contributed by atoms with Crippen LogP contribution in [0.3, 0.4) is 0 Å². The zero-order valence-corrected chi connectivity index (χ0v) is 34.2. The summed E-state index contributed by atoms with van der Waals surface area (Å²) in [6.45, 7) is 5.90. The van der Waals surface area contributed by atoms with Gasteiger partial charge in [-0.2, -0.15) is 13.2 Å². The summed E-state index contributed by atoms with van der Waals surface area (Å²) >= 11 is 0. The van der Waals surface area contributed by atoms with Crippen LogP contribution in [0.25, 0.3) is 10.9 Å². The van der Waals surface area contributed by atoms with Gasteiger partial charge in [-0.15, -0.1) is 6.58 Å². The molecule has 13 nitrogen and oxygen atoms in total. The number of aromatic nitrogens is 1. The van der Waals surface area contributed by atoms with Crippen molar-refractivity contribution in [3.05, 3.63) is 144 Å². The van der Waals surface area contributed by atoms with Gasteiger partial charge in [0.1, 0.15) is 18.0 Å². The van der Waals surface area contributed by atoms with Crippen LogP contribution >= 0.6 is 0 Å². The highest BCUT2D eigenvalue weighted by molar-refractivity contribution is 6.08. The van der Waals surface area contributed by atoms with E-state index in [0.717, 1.165) is 34.3 Å². The molecule has 2 atom stereocenters. The number of aromatic hydroxyl groups is 1. The summed E-state index contributed by atoms with van der Waals surface area (Å²) in [5.41, 5.74) is 3.53. The molecule has 3 fully saturated rings. The van der Waals surface area contributed by atoms with Crippen molar-refractivity contribution < 1.29 is 37.5 Å². The molecule has 2 N–H and O–H groups in total. The molecule has 3 saturated heterocycles. The summed E-state index contributed by atoms with van der Waals surface area (Å²) in [5.74, 6) is -0.738. The van der Waals surface area contributed by atoms with E-state index in [4.69, 9.17) is 0 Å². The largest absolute Gasteiger partial charge is 0.508 e. The Morgan fingerprint density at radius 3 is 2.27 bits per heavy atom. The standard InChI is InChI=1S/C46H47F3N8O5/c1-3-20-55-30-41(59)56-39(25-31-12-18-36(58)19-13-31)44(61)54(29-40(56)57(55)45(62)50-26-32-8-5-4-6-9-32)27-33-10-7-11-37-38(28-51(2)42(33)37)43(60)53-23-21-52(22-24-53)35-16-14-34(15-17-35)46(47,48)49/h3-19,28,39-40,58H,1,20-27,29-30H2,2H3,(H,50,62)/t39-,40-/m0/s1. The Morgan fingerprint density at radius 2 is 1.60 bits per heavy atom. The number of halogens is 3. The van der Waals surface area contributed by atoms with E-state index in [1.807, 2.05) is 65.0 Å². The fourth-order valence-corrected chi connectivity index (χ4v) is 8.81. The fourth-order valence-electron chi connectivity index (χ4n) is 8.81. The molecule has 322 valence electrons. The molecule has 0 aliphatic carbocycles. The zero-order chi connectivity index (χ0) is 43.7. The first kappa shape index (κ1) is 41.9. The number of carbonyl (C=O) groups excluding carboxylic acids is 4. The van der Waals surface area contributed by atoms with Crippen molar-refractivity contribution in [2.45, 2.75) is 37.9 Å². The SMILES string of the molecule is C=CCN1CC(=O)N2[C@@H](Cc3ccc(O)cc3)C(=O)N(Cc3cccc4c(C(=O)N5CCN(c6ccc(C(F)(F)F)cc6)CC5)cn(C)c34)C[C@@H]2N1C(=O)NCc1ccccc1. The van der Waals surface area contributed by atoms with Gasteiger partial charge in [0.25, 0.3) is 5.91 Å². The number of nitrogens with one attached hydrogen (secondary N) is 1. The number of fused-ring (bicyclic) bond motifs is 2. The molecule has 0 spiro atoms. The van der Waals surface area contributed by atoms with E-state index in [0.29, 0.717) is 42.8 Å². The number of hydrazine groups is 1. The number of hydrogen-bond donors (Lipinski definition) is 2. The van der Waals surface area contributed by atoms with Gasteiger partial charge in [0, 0.05) is 76.6 Å². The number of hydrogen-bond acceptors (Lipinski definition) is 7. The molecule has 0 radical (unpaired) electrons. The first-order chi connectivity index (χ1) is 29.8. The Bertz CT molecular complexity index is 2470. The number of urea groups is 1. The minimum absolute atomic E-state index is 0.00113. The highest BCUT2D eigenvalue weighted by Gasteiger charge is 2.51. The third-order valence-corrected chi connectivity index (χ3v) is 11.8. The first-order valence-electron chi connectivity index (χ1n) is 20.4. The Morgan fingerprint density at radius 1 is 0.887 bits per heavy atom. The maximum atomic E-state index is 14.7. The third-order valence-electron chi connectivity index (χ3n) is 11.8. The molecule has 8 rings (SSSR count). The van der Waals surface area contributed by atoms with Crippen LogP contribution in [0.2, 0.25) is 0 Å². The van der Waals surface area contributed by atoms with Crippen LogP contribution in [0.4, 0.5) is 23.7 Å². The summed E-state index contributed by atoms with van der Waals surface area (Å²) in [6.07, 6.45) is -1.77. The Hall–Kier alpha value is -6.81. The zero-order valence-electron chi connectivity index (χ0n) is 34.2. The molecule has 3 aliphatic rings. The normalized spacial score (nSPS) is 18.6. The first-order valence-corrected chi connectivity index (χ1v) is 20.4. The monoisotopic (exact) mass is 848 g/mol. The number of anilines is 1. The predicted molar refractivity (Wildman–Crippen MR) is 226 cm³/mol. The van der Waals surface area contributed by atoms with Crippen molar-refractivity contribution in [3.63, 3.8) is 0 Å². The van der Waals surface area contributed by atoms with Gasteiger partial charge in [0.15, 0.2) is 0 Å². The van der Waals surface area contributed by atoms with Crippen LogP contribution in [0.5, 0.6) is 5.75 Å². The van der Waals surface area contributed by atoms with Crippen molar-refractivity contribution >= 4 is 40.3 Å². The van der Waals surface area contributed by atoms with Crippen LogP contribution in [0.15, 0.2) is 116 Å². The van der Waals surface area contributed by atoms with Gasteiger partial charge in [0.2, 0.25) is 11.8 Å². The molecular weight excluding hydrogens is 802 g/mol. The second-order valence-electron chi connectivity index (χ2n) is 15.8. The Balaban J connectivity index is 1.06. The van der Waals surface area contributed by atoms with E-state index in [1.165, 1.54) is 34.2 Å². The molecule has 62 heavy (non-hydrogen) atoms. The van der Waals surface area contributed by atoms with Crippen LogP contribution in [-0.2, 0) is 42.3 Å². The number of piperazine rings is 2. The maximum Gasteiger partial charge on any atom is 0.416 e. The number of carbonyl (C=O) groups is 4. The van der Waals surface area contributed by atoms with E-state index in [9.17, 15) is 37.5 Å². The van der Waals surface area contributed by atoms with Crippen molar-refractivity contribution in [2.24, 2.45) is 7.05 Å². The van der Waals surface area contributed by atoms with Crippen molar-refractivity contribution in [1.82, 2.24) is 34.6 Å². The topological polar surface area (TPSA) is 125 Å². The number of aryl methyl sites for hydroxylation is 1. The molecule has 0 bridgehead atoms. The summed E-state index contributed by atoms with van der Waals surface area (Å²) in [6, 6.07) is 25.1. The van der Waals surface area contributed by atoms with E-state index in [1.54, 1.807) is 39.2 Å². The number of nitrogens with zero attached hydrogens (tertiary/aromatic N) is 7. The van der Waals surface area contributed by atoms with Crippen LogP contribution < -0.4 is 10.2 Å². The summed E-state index contributed by atoms with van der Waals surface area (Å²) < 4.78 is 41.3. The second-order valence-corrected chi connectivity index (χ2v) is 15.8. The molecule has 4 aromatic carbocycles. The highest BCUT2D eigenvalue weighted by Crippen LogP contribution is 2.34. The average Bonchev–Trinajstić information content (AvgIpc) is 3.61. The number of rotatable bonds is 10. The molecule has 0 saturated carbocycles. The second kappa shape index (κ2) is 17.3. The Labute approximate surface area is 356 Å². The molecule has 4 heterocycles. The van der Waals surface area contributed by atoms with Crippen LogP contribution in [-0.4, -0.2) is 116 Å². The summed E-state index contributed by atoms with van der Waals surface area (Å²) in [7, 11) is 1.84. The molecule has 5 amide bonds. The van der Waals surface area contributed by atoms with Gasteiger partial charge in [-0.3, -0.25) is 14.4 Å². The third kappa shape index (κ3) is 8.42. The highest BCUT2D eigenvalue weighted by atomic mass is 19.4. The maximum absolute atomic E-state index is 14.7. The van der Waals surface area contributed by atoms with Gasteiger partial charge >= 0.3 is 12.2 Å². The van der Waals surface area contributed by atoms with E-state index in [2.05, 4.69) is 11.9 Å². The van der Waals surface area contributed by atoms with Crippen molar-refractivity contribution in [3.8, 4) is 5.75 Å². The van der Waals surface area contributed by atoms with Crippen molar-refractivity contribution in [1.29, 1.82) is 0 Å². The number of phenolic OH excluding ortho intramolecular Hbond substituents is 1. The molecule has 3 aliphatic heterocycles. The van der Waals surface area contributed by atoms with Crippen LogP contribution in [0.1, 0.15) is 32.6 Å². The molecule has 16 heteroatoms. The summed E-state index contributed by atoms with van der Waals surface area (Å²) in [4.78, 5) is 64.0. The van der Waals surface area contributed by atoms with Gasteiger partial charge in [-0.1, -0.05) is 66.7 Å². The molecular formula is C46H47F3N8O5. The summed E-state index contributed by atoms with van der Waals surface area (Å²) in [5, 5.41) is 16.9. The minimum Gasteiger partial charge on any atom is -0.508 e. The Kier molecular flexibility index (Phi) is 11.7. The van der Waals surface area contributed by atoms with E-state index < -0.39 is 30.0 Å². The molecule has 5 aromatic rings. The van der Waals surface area contributed by atoms with Gasteiger partial charge in [-0.05, 0) is 53.1 Å². The predicted octanol–water partition coefficient (Wildman–Crippen LogP) is 5.60. The van der Waals surface area contributed by atoms with Gasteiger partial charge in [-0.25, -0.2) is 14.8 Å². The lowest BCUT2D eigenvalue weighted by Gasteiger charge is -2.55. The van der Waals surface area contributed by atoms with Crippen molar-refractivity contribution in [2.75, 3.05) is 50.7 Å². The lowest BCUT2D eigenvalue weighted by Crippen LogP contribution is -2.76. The number of para-hydroxylation sites is 1.